The van der Waals surface area contributed by atoms with Gasteiger partial charge in [-0.3, -0.25) is 4.90 Å². The van der Waals surface area contributed by atoms with Crippen molar-refractivity contribution in [2.45, 2.75) is 19.8 Å². The molecule has 0 aliphatic heterocycles. The van der Waals surface area contributed by atoms with Crippen LogP contribution >= 0.6 is 0 Å². The van der Waals surface area contributed by atoms with Gasteiger partial charge in [-0.1, -0.05) is 13.0 Å². The van der Waals surface area contributed by atoms with E-state index in [-0.39, 0.29) is 0 Å². The molecular formula is C15H20N2O. The number of nitriles is 1. The topological polar surface area (TPSA) is 36.3 Å². The molecule has 3 heteroatoms. The number of hydrogen-bond acceptors (Lipinski definition) is 3. The molecule has 0 N–H and O–H groups in total. The first-order valence-corrected chi connectivity index (χ1v) is 6.67. The van der Waals surface area contributed by atoms with Crippen LogP contribution < -0.4 is 4.74 Å². The molecule has 1 saturated carbocycles. The Hall–Kier alpha value is -1.53. The average Bonchev–Trinajstić information content (AvgIpc) is 3.22. The van der Waals surface area contributed by atoms with Crippen LogP contribution in [0.25, 0.3) is 0 Å². The summed E-state index contributed by atoms with van der Waals surface area (Å²) >= 11 is 0. The number of likely N-dealkylation sites (N-methyl/N-ethyl adjacent to an activating group) is 1. The molecule has 0 unspecified atom stereocenters. The highest BCUT2D eigenvalue weighted by molar-refractivity contribution is 5.36. The number of nitrogens with zero attached hydrogens (tertiary/aromatic N) is 2. The summed E-state index contributed by atoms with van der Waals surface area (Å²) in [4.78, 5) is 2.44. The molecule has 96 valence electrons. The maximum absolute atomic E-state index is 8.81. The van der Waals surface area contributed by atoms with Gasteiger partial charge in [-0.2, -0.15) is 5.26 Å². The second kappa shape index (κ2) is 6.42. The fourth-order valence-corrected chi connectivity index (χ4v) is 1.99. The minimum atomic E-state index is 0.651. The summed E-state index contributed by atoms with van der Waals surface area (Å²) in [5.74, 6) is 1.71. The smallest absolute Gasteiger partial charge is 0.120 e. The van der Waals surface area contributed by atoms with Gasteiger partial charge in [0, 0.05) is 13.1 Å². The summed E-state index contributed by atoms with van der Waals surface area (Å²) < 4.78 is 5.69. The van der Waals surface area contributed by atoms with E-state index in [0.717, 1.165) is 24.8 Å². The highest BCUT2D eigenvalue weighted by Crippen LogP contribution is 2.29. The lowest BCUT2D eigenvalue weighted by Crippen LogP contribution is -2.30. The Kier molecular flexibility index (Phi) is 4.60. The standard InChI is InChI=1S/C15H20N2O/c1-2-17(12-13-6-7-13)8-9-18-15-5-3-4-14(10-15)11-16/h3-5,10,13H,2,6-9,12H2,1H3. The van der Waals surface area contributed by atoms with Crippen molar-refractivity contribution in [3.05, 3.63) is 29.8 Å². The number of hydrogen-bond donors (Lipinski definition) is 0. The Morgan fingerprint density at radius 2 is 2.28 bits per heavy atom. The fraction of sp³-hybridized carbons (Fsp3) is 0.533. The van der Waals surface area contributed by atoms with Crippen molar-refractivity contribution >= 4 is 0 Å². The highest BCUT2D eigenvalue weighted by Gasteiger charge is 2.23. The Balaban J connectivity index is 1.74. The maximum atomic E-state index is 8.81. The summed E-state index contributed by atoms with van der Waals surface area (Å²) in [7, 11) is 0. The molecular weight excluding hydrogens is 224 g/mol. The Labute approximate surface area is 109 Å². The first-order chi connectivity index (χ1) is 8.81. The maximum Gasteiger partial charge on any atom is 0.120 e. The molecule has 0 heterocycles. The van der Waals surface area contributed by atoms with E-state index in [9.17, 15) is 0 Å². The zero-order chi connectivity index (χ0) is 12.8. The van der Waals surface area contributed by atoms with E-state index in [0.29, 0.717) is 12.2 Å². The van der Waals surface area contributed by atoms with Crippen LogP contribution in [0.2, 0.25) is 0 Å². The zero-order valence-corrected chi connectivity index (χ0v) is 10.9. The van der Waals surface area contributed by atoms with Crippen molar-refractivity contribution in [1.29, 1.82) is 5.26 Å². The molecule has 1 fully saturated rings. The van der Waals surface area contributed by atoms with E-state index in [1.54, 1.807) is 12.1 Å². The molecule has 1 aliphatic carbocycles. The Bertz CT molecular complexity index is 421. The van der Waals surface area contributed by atoms with Crippen LogP contribution in [0.5, 0.6) is 5.75 Å². The largest absolute Gasteiger partial charge is 0.492 e. The summed E-state index contributed by atoms with van der Waals surface area (Å²) in [6.07, 6.45) is 2.78. The SMILES string of the molecule is CCN(CCOc1cccc(C#N)c1)CC1CC1. The van der Waals surface area contributed by atoms with E-state index in [1.807, 2.05) is 12.1 Å². The second-order valence-corrected chi connectivity index (χ2v) is 4.82. The van der Waals surface area contributed by atoms with Gasteiger partial charge in [0.25, 0.3) is 0 Å². The van der Waals surface area contributed by atoms with Crippen LogP contribution in [0.15, 0.2) is 24.3 Å². The fourth-order valence-electron chi connectivity index (χ4n) is 1.99. The summed E-state index contributed by atoms with van der Waals surface area (Å²) in [5.41, 5.74) is 0.651. The highest BCUT2D eigenvalue weighted by atomic mass is 16.5. The van der Waals surface area contributed by atoms with Crippen molar-refractivity contribution < 1.29 is 4.74 Å². The first-order valence-electron chi connectivity index (χ1n) is 6.67. The molecule has 2 rings (SSSR count). The normalized spacial score (nSPS) is 14.5. The summed E-state index contributed by atoms with van der Waals surface area (Å²) in [6.45, 7) is 6.13. The van der Waals surface area contributed by atoms with Crippen molar-refractivity contribution in [3.63, 3.8) is 0 Å². The van der Waals surface area contributed by atoms with Gasteiger partial charge in [0.2, 0.25) is 0 Å². The molecule has 0 aromatic heterocycles. The van der Waals surface area contributed by atoms with Gasteiger partial charge in [0.05, 0.1) is 11.6 Å². The third kappa shape index (κ3) is 4.05. The Morgan fingerprint density at radius 3 is 2.94 bits per heavy atom. The third-order valence-electron chi connectivity index (χ3n) is 3.30. The van der Waals surface area contributed by atoms with Gasteiger partial charge in [-0.25, -0.2) is 0 Å². The average molecular weight is 244 g/mol. The molecule has 3 nitrogen and oxygen atoms in total. The van der Waals surface area contributed by atoms with E-state index >= 15 is 0 Å². The third-order valence-corrected chi connectivity index (χ3v) is 3.30. The van der Waals surface area contributed by atoms with Gasteiger partial charge >= 0.3 is 0 Å². The van der Waals surface area contributed by atoms with Crippen molar-refractivity contribution in [2.24, 2.45) is 5.92 Å². The van der Waals surface area contributed by atoms with Crippen LogP contribution in [-0.4, -0.2) is 31.1 Å². The van der Waals surface area contributed by atoms with Gasteiger partial charge in [-0.15, -0.1) is 0 Å². The van der Waals surface area contributed by atoms with Gasteiger partial charge < -0.3 is 4.74 Å². The first kappa shape index (κ1) is 12.9. The zero-order valence-electron chi connectivity index (χ0n) is 10.9. The van der Waals surface area contributed by atoms with E-state index in [4.69, 9.17) is 10.00 Å². The monoisotopic (exact) mass is 244 g/mol. The molecule has 1 aromatic rings. The quantitative estimate of drug-likeness (QED) is 0.740. The van der Waals surface area contributed by atoms with Crippen LogP contribution in [0, 0.1) is 17.2 Å². The molecule has 0 saturated heterocycles. The van der Waals surface area contributed by atoms with Crippen molar-refractivity contribution in [3.8, 4) is 11.8 Å². The summed E-state index contributed by atoms with van der Waals surface area (Å²) in [5, 5.41) is 8.81. The van der Waals surface area contributed by atoms with Gasteiger partial charge in [0.15, 0.2) is 0 Å². The molecule has 18 heavy (non-hydrogen) atoms. The van der Waals surface area contributed by atoms with Crippen molar-refractivity contribution in [1.82, 2.24) is 4.90 Å². The molecule has 0 amide bonds. The van der Waals surface area contributed by atoms with E-state index < -0.39 is 0 Å². The van der Waals surface area contributed by atoms with E-state index in [1.165, 1.54) is 19.4 Å². The molecule has 1 aromatic carbocycles. The Morgan fingerprint density at radius 1 is 1.44 bits per heavy atom. The van der Waals surface area contributed by atoms with E-state index in [2.05, 4.69) is 17.9 Å². The lowest BCUT2D eigenvalue weighted by atomic mass is 10.2. The predicted octanol–water partition coefficient (Wildman–Crippen LogP) is 2.67. The molecule has 1 aliphatic rings. The number of rotatable bonds is 7. The summed E-state index contributed by atoms with van der Waals surface area (Å²) in [6, 6.07) is 9.46. The van der Waals surface area contributed by atoms with Crippen molar-refractivity contribution in [2.75, 3.05) is 26.2 Å². The van der Waals surface area contributed by atoms with Crippen LogP contribution in [-0.2, 0) is 0 Å². The minimum absolute atomic E-state index is 0.651. The van der Waals surface area contributed by atoms with Gasteiger partial charge in [0.1, 0.15) is 12.4 Å². The lowest BCUT2D eigenvalue weighted by Gasteiger charge is -2.20. The van der Waals surface area contributed by atoms with Crippen LogP contribution in [0.3, 0.4) is 0 Å². The molecule has 0 bridgehead atoms. The predicted molar refractivity (Wildman–Crippen MR) is 71.5 cm³/mol. The molecule has 0 radical (unpaired) electrons. The number of benzene rings is 1. The van der Waals surface area contributed by atoms with Gasteiger partial charge in [-0.05, 0) is 43.5 Å². The molecule has 0 atom stereocenters. The lowest BCUT2D eigenvalue weighted by molar-refractivity contribution is 0.210. The van der Waals surface area contributed by atoms with Crippen LogP contribution in [0.1, 0.15) is 25.3 Å². The molecule has 0 spiro atoms. The number of ether oxygens (including phenoxy) is 1. The second-order valence-electron chi connectivity index (χ2n) is 4.82. The van der Waals surface area contributed by atoms with Crippen LogP contribution in [0.4, 0.5) is 0 Å². The minimum Gasteiger partial charge on any atom is -0.492 e.